The Morgan fingerprint density at radius 1 is 1.26 bits per heavy atom. The molecule has 0 saturated carbocycles. The molecule has 0 radical (unpaired) electrons. The van der Waals surface area contributed by atoms with Crippen molar-refractivity contribution in [3.63, 3.8) is 0 Å². The average molecular weight is 493 g/mol. The number of aryl methyl sites for hydroxylation is 1. The van der Waals surface area contributed by atoms with Crippen LogP contribution in [0.3, 0.4) is 0 Å². The highest BCUT2D eigenvalue weighted by Gasteiger charge is 2.45. The Hall–Kier alpha value is -3.08. The number of nitrogens with zero attached hydrogens (tertiary/aromatic N) is 3. The molecule has 190 valence electrons. The van der Waals surface area contributed by atoms with Gasteiger partial charge in [0, 0.05) is 42.9 Å². The Morgan fingerprint density at radius 2 is 1.97 bits per heavy atom. The molecular weight excluding hydrogens is 461 g/mol. The summed E-state index contributed by atoms with van der Waals surface area (Å²) in [4.78, 5) is 33.7. The molecule has 0 aromatic heterocycles. The number of amidine groups is 1. The Bertz CT molecular complexity index is 1110. The highest BCUT2D eigenvalue weighted by atomic mass is 19.4. The van der Waals surface area contributed by atoms with Crippen molar-refractivity contribution in [2.75, 3.05) is 19.6 Å². The number of nitrogens with two attached hydrogens (primary N) is 2. The number of halogens is 3. The van der Waals surface area contributed by atoms with Gasteiger partial charge in [0.1, 0.15) is 5.84 Å². The summed E-state index contributed by atoms with van der Waals surface area (Å²) in [5, 5.41) is 2.97. The first-order valence-electron chi connectivity index (χ1n) is 11.7. The number of rotatable bonds is 3. The number of fused-ring (bicyclic) bond motifs is 1. The number of benzene rings is 1. The predicted molar refractivity (Wildman–Crippen MR) is 126 cm³/mol. The van der Waals surface area contributed by atoms with E-state index in [0.29, 0.717) is 18.2 Å². The molecule has 3 amide bonds. The highest BCUT2D eigenvalue weighted by molar-refractivity contribution is 6.11. The molecular formula is C24H31F3N6O2. The van der Waals surface area contributed by atoms with Crippen molar-refractivity contribution in [3.05, 3.63) is 46.2 Å². The largest absolute Gasteiger partial charge is 0.417 e. The van der Waals surface area contributed by atoms with Crippen LogP contribution in [-0.2, 0) is 6.18 Å². The zero-order valence-corrected chi connectivity index (χ0v) is 20.1. The van der Waals surface area contributed by atoms with Crippen molar-refractivity contribution < 1.29 is 22.8 Å². The van der Waals surface area contributed by atoms with E-state index >= 15 is 0 Å². The van der Waals surface area contributed by atoms with Gasteiger partial charge in [-0.2, -0.15) is 18.2 Å². The van der Waals surface area contributed by atoms with E-state index in [2.05, 4.69) is 15.2 Å². The van der Waals surface area contributed by atoms with Crippen LogP contribution in [0.5, 0.6) is 0 Å². The maximum atomic E-state index is 13.4. The Kier molecular flexibility index (Phi) is 6.33. The summed E-state index contributed by atoms with van der Waals surface area (Å²) < 4.78 is 40.2. The number of aliphatic imine (C=N–C) groups is 1. The number of urea groups is 1. The summed E-state index contributed by atoms with van der Waals surface area (Å²) in [6.07, 6.45) is -2.29. The molecule has 35 heavy (non-hydrogen) atoms. The van der Waals surface area contributed by atoms with Crippen molar-refractivity contribution >= 4 is 17.8 Å². The average Bonchev–Trinajstić information content (AvgIpc) is 3.22. The highest BCUT2D eigenvalue weighted by Crippen LogP contribution is 2.37. The smallest absolute Gasteiger partial charge is 0.400 e. The Labute approximate surface area is 202 Å². The number of piperazine rings is 1. The van der Waals surface area contributed by atoms with Crippen LogP contribution in [0.25, 0.3) is 0 Å². The van der Waals surface area contributed by atoms with Gasteiger partial charge in [0.05, 0.1) is 16.7 Å². The molecule has 8 nitrogen and oxygen atoms in total. The molecule has 3 aliphatic rings. The van der Waals surface area contributed by atoms with Gasteiger partial charge in [0.15, 0.2) is 0 Å². The number of hydrogen-bond donors (Lipinski definition) is 3. The second-order valence-corrected chi connectivity index (χ2v) is 9.92. The first kappa shape index (κ1) is 25.0. The molecule has 1 aliphatic carbocycles. The summed E-state index contributed by atoms with van der Waals surface area (Å²) in [6, 6.07) is 3.67. The van der Waals surface area contributed by atoms with Crippen LogP contribution in [-0.4, -0.2) is 64.8 Å². The van der Waals surface area contributed by atoms with E-state index in [0.717, 1.165) is 32.0 Å². The molecule has 2 heterocycles. The fraction of sp³-hybridized carbons (Fsp3) is 0.542. The Balaban J connectivity index is 1.49. The number of alkyl halides is 3. The van der Waals surface area contributed by atoms with Crippen LogP contribution in [0, 0.1) is 6.92 Å². The van der Waals surface area contributed by atoms with Gasteiger partial charge in [-0.05, 0) is 51.8 Å². The van der Waals surface area contributed by atoms with Gasteiger partial charge in [0.2, 0.25) is 0 Å². The van der Waals surface area contributed by atoms with E-state index in [9.17, 15) is 22.8 Å². The molecule has 4 rings (SSSR count). The van der Waals surface area contributed by atoms with Crippen molar-refractivity contribution in [2.45, 2.75) is 63.8 Å². The summed E-state index contributed by atoms with van der Waals surface area (Å²) in [6.45, 7) is 7.70. The van der Waals surface area contributed by atoms with Crippen LogP contribution >= 0.6 is 0 Å². The predicted octanol–water partition coefficient (Wildman–Crippen LogP) is 2.76. The summed E-state index contributed by atoms with van der Waals surface area (Å²) in [5.41, 5.74) is 10.4. The second kappa shape index (κ2) is 8.85. The molecule has 0 spiro atoms. The van der Waals surface area contributed by atoms with Crippen LogP contribution in [0.15, 0.2) is 34.5 Å². The maximum Gasteiger partial charge on any atom is 0.417 e. The van der Waals surface area contributed by atoms with E-state index < -0.39 is 28.7 Å². The molecule has 0 bridgehead atoms. The first-order valence-corrected chi connectivity index (χ1v) is 11.7. The van der Waals surface area contributed by atoms with Gasteiger partial charge < -0.3 is 21.7 Å². The van der Waals surface area contributed by atoms with Gasteiger partial charge in [-0.1, -0.05) is 12.1 Å². The number of carbonyl (C=O) groups excluding carboxylic acids is 2. The van der Waals surface area contributed by atoms with E-state index in [1.807, 2.05) is 11.8 Å². The lowest BCUT2D eigenvalue weighted by atomic mass is 9.76. The van der Waals surface area contributed by atoms with Gasteiger partial charge in [-0.25, -0.2) is 4.79 Å². The lowest BCUT2D eigenvalue weighted by molar-refractivity contribution is -0.138. The summed E-state index contributed by atoms with van der Waals surface area (Å²) in [7, 11) is 0. The van der Waals surface area contributed by atoms with Gasteiger partial charge >= 0.3 is 12.2 Å². The van der Waals surface area contributed by atoms with Gasteiger partial charge in [0.25, 0.3) is 5.91 Å². The summed E-state index contributed by atoms with van der Waals surface area (Å²) >= 11 is 0. The zero-order chi connectivity index (χ0) is 25.7. The summed E-state index contributed by atoms with van der Waals surface area (Å²) in [5.74, 6) is -1.34. The van der Waals surface area contributed by atoms with Crippen molar-refractivity contribution in [1.29, 1.82) is 0 Å². The monoisotopic (exact) mass is 492 g/mol. The maximum absolute atomic E-state index is 13.4. The van der Waals surface area contributed by atoms with Crippen molar-refractivity contribution in [1.82, 2.24) is 15.1 Å². The second-order valence-electron chi connectivity index (χ2n) is 9.92. The van der Waals surface area contributed by atoms with Gasteiger partial charge in [-0.15, -0.1) is 0 Å². The van der Waals surface area contributed by atoms with Crippen molar-refractivity contribution in [3.8, 4) is 0 Å². The van der Waals surface area contributed by atoms with Crippen molar-refractivity contribution in [2.24, 2.45) is 16.5 Å². The van der Waals surface area contributed by atoms with Crippen LogP contribution in [0.4, 0.5) is 18.0 Å². The van der Waals surface area contributed by atoms with E-state index in [-0.39, 0.29) is 35.6 Å². The third-order valence-electron chi connectivity index (χ3n) is 7.35. The third kappa shape index (κ3) is 4.61. The minimum Gasteiger partial charge on any atom is -0.400 e. The number of carbonyl (C=O) groups is 2. The topological polar surface area (TPSA) is 117 Å². The van der Waals surface area contributed by atoms with E-state index in [4.69, 9.17) is 11.5 Å². The van der Waals surface area contributed by atoms with Crippen LogP contribution in [0.1, 0.15) is 54.6 Å². The number of nitrogens with one attached hydrogen (secondary N) is 1. The molecule has 3 atom stereocenters. The molecule has 5 N–H and O–H groups in total. The van der Waals surface area contributed by atoms with Crippen LogP contribution in [0.2, 0.25) is 0 Å². The molecule has 1 aromatic rings. The lowest BCUT2D eigenvalue weighted by Gasteiger charge is -2.46. The molecule has 3 unspecified atom stereocenters. The SMILES string of the molecule is Cc1cccc(C(F)(F)F)c1C(=O)N=C(N)C1=C(N)C(C)(NC(=O)N2CC3CCCN3CC2C)C1. The first-order chi connectivity index (χ1) is 16.3. The molecule has 2 saturated heterocycles. The van der Waals surface area contributed by atoms with Crippen LogP contribution < -0.4 is 16.8 Å². The minimum absolute atomic E-state index is 0.0545. The zero-order valence-electron chi connectivity index (χ0n) is 20.1. The standard InChI is InChI=1S/C24H31F3N6O2/c1-13-6-4-8-17(24(25,26)27)18(13)21(34)30-20(29)16-10-23(3,19(16)28)31-22(35)33-12-15-7-5-9-32(15)11-14(33)2/h4,6,8,14-15H,5,7,9-12,28H2,1-3H3,(H,31,35)(H2,29,30,34). The fourth-order valence-corrected chi connectivity index (χ4v) is 5.31. The minimum atomic E-state index is -4.71. The molecule has 11 heteroatoms. The number of hydrogen-bond acceptors (Lipinski definition) is 4. The number of amides is 3. The molecule has 2 fully saturated rings. The van der Waals surface area contributed by atoms with Gasteiger partial charge in [-0.3, -0.25) is 9.69 Å². The normalized spacial score (nSPS) is 27.5. The quantitative estimate of drug-likeness (QED) is 0.443. The molecule has 1 aromatic carbocycles. The third-order valence-corrected chi connectivity index (χ3v) is 7.35. The lowest BCUT2D eigenvalue weighted by Crippen LogP contribution is -2.64. The molecule has 2 aliphatic heterocycles. The van der Waals surface area contributed by atoms with E-state index in [1.54, 1.807) is 6.92 Å². The Morgan fingerprint density at radius 3 is 2.63 bits per heavy atom. The fourth-order valence-electron chi connectivity index (χ4n) is 5.31. The van der Waals surface area contributed by atoms with E-state index in [1.165, 1.54) is 19.1 Å².